The minimum atomic E-state index is -0.436. The fourth-order valence-corrected chi connectivity index (χ4v) is 1.36. The topological polar surface area (TPSA) is 44.1 Å². The summed E-state index contributed by atoms with van der Waals surface area (Å²) < 4.78 is 6.84. The van der Waals surface area contributed by atoms with Crippen molar-refractivity contribution in [3.8, 4) is 0 Å². The van der Waals surface area contributed by atoms with Gasteiger partial charge in [-0.2, -0.15) is 5.10 Å². The molecule has 0 aliphatic carbocycles. The molecule has 5 heteroatoms. The molecular weight excluding hydrogens is 228 g/mol. The van der Waals surface area contributed by atoms with E-state index in [1.165, 1.54) is 0 Å². The maximum atomic E-state index is 11.4. The van der Waals surface area contributed by atoms with Crippen LogP contribution >= 0.6 is 11.6 Å². The number of hydrogen-bond acceptors (Lipinski definition) is 3. The Morgan fingerprint density at radius 1 is 1.56 bits per heavy atom. The second-order valence-electron chi connectivity index (χ2n) is 4.66. The molecule has 0 aliphatic heterocycles. The first-order valence-corrected chi connectivity index (χ1v) is 5.57. The Kier molecular flexibility index (Phi) is 3.97. The SMILES string of the molecule is Cc1nn(CCC(=O)OC(C)(C)C)cc1Cl. The van der Waals surface area contributed by atoms with Crippen molar-refractivity contribution >= 4 is 17.6 Å². The van der Waals surface area contributed by atoms with Crippen molar-refractivity contribution in [1.82, 2.24) is 9.78 Å². The van der Waals surface area contributed by atoms with Crippen molar-refractivity contribution in [3.63, 3.8) is 0 Å². The molecule has 0 bridgehead atoms. The first-order chi connectivity index (χ1) is 7.28. The number of aryl methyl sites for hydroxylation is 2. The van der Waals surface area contributed by atoms with Gasteiger partial charge in [-0.05, 0) is 27.7 Å². The highest BCUT2D eigenvalue weighted by Crippen LogP contribution is 2.13. The second kappa shape index (κ2) is 4.87. The molecule has 0 radical (unpaired) electrons. The lowest BCUT2D eigenvalue weighted by Crippen LogP contribution is -2.24. The zero-order valence-corrected chi connectivity index (χ0v) is 10.8. The van der Waals surface area contributed by atoms with Gasteiger partial charge in [0.25, 0.3) is 0 Å². The van der Waals surface area contributed by atoms with E-state index in [0.29, 0.717) is 18.0 Å². The van der Waals surface area contributed by atoms with Gasteiger partial charge >= 0.3 is 5.97 Å². The zero-order valence-electron chi connectivity index (χ0n) is 10.1. The highest BCUT2D eigenvalue weighted by Gasteiger charge is 2.16. The van der Waals surface area contributed by atoms with Crippen molar-refractivity contribution in [2.75, 3.05) is 0 Å². The van der Waals surface area contributed by atoms with Gasteiger partial charge in [0.2, 0.25) is 0 Å². The third-order valence-electron chi connectivity index (χ3n) is 1.85. The van der Waals surface area contributed by atoms with Gasteiger partial charge in [-0.15, -0.1) is 0 Å². The number of ether oxygens (including phenoxy) is 1. The predicted molar refractivity (Wildman–Crippen MR) is 62.4 cm³/mol. The van der Waals surface area contributed by atoms with Crippen molar-refractivity contribution in [3.05, 3.63) is 16.9 Å². The lowest BCUT2D eigenvalue weighted by atomic mass is 10.2. The van der Waals surface area contributed by atoms with Crippen molar-refractivity contribution in [2.45, 2.75) is 46.3 Å². The zero-order chi connectivity index (χ0) is 12.3. The molecule has 1 aromatic heterocycles. The molecule has 1 rings (SSSR count). The highest BCUT2D eigenvalue weighted by molar-refractivity contribution is 6.31. The molecule has 0 saturated carbocycles. The summed E-state index contributed by atoms with van der Waals surface area (Å²) in [5, 5.41) is 4.77. The third-order valence-corrected chi connectivity index (χ3v) is 2.22. The Labute approximate surface area is 101 Å². The van der Waals surface area contributed by atoms with E-state index in [9.17, 15) is 4.79 Å². The fraction of sp³-hybridized carbons (Fsp3) is 0.636. The maximum Gasteiger partial charge on any atom is 0.308 e. The molecule has 0 unspecified atom stereocenters. The molecule has 0 spiro atoms. The monoisotopic (exact) mass is 244 g/mol. The smallest absolute Gasteiger partial charge is 0.308 e. The molecule has 0 saturated heterocycles. The summed E-state index contributed by atoms with van der Waals surface area (Å²) in [7, 11) is 0. The fourth-order valence-electron chi connectivity index (χ4n) is 1.21. The van der Waals surface area contributed by atoms with E-state index in [1.54, 1.807) is 10.9 Å². The minimum Gasteiger partial charge on any atom is -0.460 e. The van der Waals surface area contributed by atoms with Crippen LogP contribution in [0.4, 0.5) is 0 Å². The average Bonchev–Trinajstić information content (AvgIpc) is 2.40. The van der Waals surface area contributed by atoms with E-state index >= 15 is 0 Å². The second-order valence-corrected chi connectivity index (χ2v) is 5.07. The summed E-state index contributed by atoms with van der Waals surface area (Å²) >= 11 is 5.85. The van der Waals surface area contributed by atoms with Crippen LogP contribution in [0.2, 0.25) is 5.02 Å². The number of aromatic nitrogens is 2. The third kappa shape index (κ3) is 4.23. The van der Waals surface area contributed by atoms with Crippen LogP contribution in [-0.2, 0) is 16.1 Å². The van der Waals surface area contributed by atoms with Crippen molar-refractivity contribution < 1.29 is 9.53 Å². The molecule has 0 fully saturated rings. The highest BCUT2D eigenvalue weighted by atomic mass is 35.5. The Morgan fingerprint density at radius 3 is 2.62 bits per heavy atom. The molecule has 90 valence electrons. The van der Waals surface area contributed by atoms with Gasteiger partial charge in [0.05, 0.1) is 23.7 Å². The van der Waals surface area contributed by atoms with Gasteiger partial charge in [0.1, 0.15) is 5.60 Å². The van der Waals surface area contributed by atoms with Gasteiger partial charge in [0, 0.05) is 6.20 Å². The lowest BCUT2D eigenvalue weighted by Gasteiger charge is -2.19. The number of hydrogen-bond donors (Lipinski definition) is 0. The van der Waals surface area contributed by atoms with Crippen molar-refractivity contribution in [1.29, 1.82) is 0 Å². The van der Waals surface area contributed by atoms with Crippen LogP contribution in [0.15, 0.2) is 6.20 Å². The van der Waals surface area contributed by atoms with Crippen LogP contribution < -0.4 is 0 Å². The molecular formula is C11H17ClN2O2. The summed E-state index contributed by atoms with van der Waals surface area (Å²) in [5.74, 6) is -0.225. The first-order valence-electron chi connectivity index (χ1n) is 5.19. The van der Waals surface area contributed by atoms with E-state index in [0.717, 1.165) is 5.69 Å². The van der Waals surface area contributed by atoms with Gasteiger partial charge in [-0.1, -0.05) is 11.6 Å². The molecule has 0 N–H and O–H groups in total. The van der Waals surface area contributed by atoms with Crippen LogP contribution in [-0.4, -0.2) is 21.4 Å². The van der Waals surface area contributed by atoms with Gasteiger partial charge in [-0.25, -0.2) is 0 Å². The Morgan fingerprint density at radius 2 is 2.19 bits per heavy atom. The Bertz CT molecular complexity index is 360. The molecule has 1 aromatic rings. The average molecular weight is 245 g/mol. The van der Waals surface area contributed by atoms with Crippen LogP contribution in [0.5, 0.6) is 0 Å². The molecule has 0 amide bonds. The number of halogens is 1. The predicted octanol–water partition coefficient (Wildman–Crippen LogP) is 2.58. The van der Waals surface area contributed by atoms with E-state index in [-0.39, 0.29) is 5.97 Å². The van der Waals surface area contributed by atoms with Crippen LogP contribution in [0, 0.1) is 6.92 Å². The van der Waals surface area contributed by atoms with Crippen LogP contribution in [0.1, 0.15) is 32.9 Å². The van der Waals surface area contributed by atoms with Crippen LogP contribution in [0.3, 0.4) is 0 Å². The molecule has 0 aliphatic rings. The normalized spacial score (nSPS) is 11.6. The Balaban J connectivity index is 2.43. The lowest BCUT2D eigenvalue weighted by molar-refractivity contribution is -0.155. The molecule has 1 heterocycles. The van der Waals surface area contributed by atoms with E-state index in [4.69, 9.17) is 16.3 Å². The quantitative estimate of drug-likeness (QED) is 0.768. The molecule has 0 aromatic carbocycles. The molecule has 4 nitrogen and oxygen atoms in total. The summed E-state index contributed by atoms with van der Waals surface area (Å²) in [6.45, 7) is 7.86. The first kappa shape index (κ1) is 13.0. The minimum absolute atomic E-state index is 0.225. The summed E-state index contributed by atoms with van der Waals surface area (Å²) in [4.78, 5) is 11.4. The number of esters is 1. The molecule has 16 heavy (non-hydrogen) atoms. The van der Waals surface area contributed by atoms with E-state index in [1.807, 2.05) is 27.7 Å². The standard InChI is InChI=1S/C11H17ClN2O2/c1-8-9(12)7-14(13-8)6-5-10(15)16-11(2,3)4/h7H,5-6H2,1-4H3. The summed E-state index contributed by atoms with van der Waals surface area (Å²) in [6.07, 6.45) is 2.01. The number of nitrogens with zero attached hydrogens (tertiary/aromatic N) is 2. The van der Waals surface area contributed by atoms with Gasteiger partial charge in [-0.3, -0.25) is 9.48 Å². The maximum absolute atomic E-state index is 11.4. The summed E-state index contributed by atoms with van der Waals surface area (Å²) in [6, 6.07) is 0. The number of carbonyl (C=O) groups excluding carboxylic acids is 1. The van der Waals surface area contributed by atoms with E-state index < -0.39 is 5.60 Å². The van der Waals surface area contributed by atoms with Crippen molar-refractivity contribution in [2.24, 2.45) is 0 Å². The Hall–Kier alpha value is -1.03. The van der Waals surface area contributed by atoms with Gasteiger partial charge < -0.3 is 4.74 Å². The largest absolute Gasteiger partial charge is 0.460 e. The summed E-state index contributed by atoms with van der Waals surface area (Å²) in [5.41, 5.74) is 0.334. The van der Waals surface area contributed by atoms with Crippen LogP contribution in [0.25, 0.3) is 0 Å². The number of carbonyl (C=O) groups is 1. The van der Waals surface area contributed by atoms with E-state index in [2.05, 4.69) is 5.10 Å². The van der Waals surface area contributed by atoms with Gasteiger partial charge in [0.15, 0.2) is 0 Å². The number of rotatable bonds is 3. The molecule has 0 atom stereocenters.